The fourth-order valence-corrected chi connectivity index (χ4v) is 2.43. The van der Waals surface area contributed by atoms with E-state index in [4.69, 9.17) is 9.47 Å². The lowest BCUT2D eigenvalue weighted by molar-refractivity contribution is 0.362. The van der Waals surface area contributed by atoms with Crippen LogP contribution < -0.4 is 0 Å². The van der Waals surface area contributed by atoms with Gasteiger partial charge in [-0.3, -0.25) is 0 Å². The average molecular weight is 222 g/mol. The van der Waals surface area contributed by atoms with E-state index in [1.54, 1.807) is 0 Å². The quantitative estimate of drug-likeness (QED) is 0.506. The molecule has 0 aromatic rings. The van der Waals surface area contributed by atoms with E-state index in [1.807, 2.05) is 6.92 Å². The second-order valence-corrected chi connectivity index (χ2v) is 4.91. The molecule has 2 saturated heterocycles. The van der Waals surface area contributed by atoms with Gasteiger partial charge in [-0.2, -0.15) is 0 Å². The average Bonchev–Trinajstić information content (AvgIpc) is 3.15. The standard InChI is InChI=1S/C7H10O2.C6H8O/c1-4-5(8)2-3-6-7(4)9-6;1-2-4-6-5(3-1)7-6/h6-8H,2-3H2,1H3;1,3,5-6H,2,4H2. The first kappa shape index (κ1) is 10.4. The van der Waals surface area contributed by atoms with Crippen molar-refractivity contribution in [3.05, 3.63) is 23.5 Å². The van der Waals surface area contributed by atoms with Crippen LogP contribution in [0, 0.1) is 0 Å². The van der Waals surface area contributed by atoms with Crippen LogP contribution in [-0.4, -0.2) is 29.5 Å². The van der Waals surface area contributed by atoms with E-state index in [-0.39, 0.29) is 6.10 Å². The molecule has 3 heteroatoms. The summed E-state index contributed by atoms with van der Waals surface area (Å²) in [4.78, 5) is 0. The van der Waals surface area contributed by atoms with Crippen molar-refractivity contribution in [1.82, 2.24) is 0 Å². The molecule has 3 nitrogen and oxygen atoms in total. The molecule has 0 amide bonds. The second kappa shape index (κ2) is 3.90. The van der Waals surface area contributed by atoms with Crippen molar-refractivity contribution in [2.24, 2.45) is 0 Å². The van der Waals surface area contributed by atoms with Crippen molar-refractivity contribution in [2.75, 3.05) is 0 Å². The van der Waals surface area contributed by atoms with Gasteiger partial charge in [0, 0.05) is 6.42 Å². The van der Waals surface area contributed by atoms with Crippen molar-refractivity contribution in [3.8, 4) is 0 Å². The number of allylic oxidation sites excluding steroid dienone is 2. The van der Waals surface area contributed by atoms with E-state index < -0.39 is 0 Å². The van der Waals surface area contributed by atoms with E-state index in [0.717, 1.165) is 18.4 Å². The van der Waals surface area contributed by atoms with Gasteiger partial charge in [-0.15, -0.1) is 0 Å². The lowest BCUT2D eigenvalue weighted by atomic mass is 9.99. The number of aliphatic hydroxyl groups is 1. The van der Waals surface area contributed by atoms with Crippen LogP contribution in [0.4, 0.5) is 0 Å². The molecule has 1 N–H and O–H groups in total. The fourth-order valence-electron chi connectivity index (χ4n) is 2.43. The Labute approximate surface area is 95.7 Å². The van der Waals surface area contributed by atoms with Crippen molar-refractivity contribution in [3.63, 3.8) is 0 Å². The number of fused-ring (bicyclic) bond motifs is 2. The van der Waals surface area contributed by atoms with Crippen molar-refractivity contribution < 1.29 is 14.6 Å². The smallest absolute Gasteiger partial charge is 0.108 e. The highest BCUT2D eigenvalue weighted by Gasteiger charge is 2.43. The van der Waals surface area contributed by atoms with E-state index in [0.29, 0.717) is 24.1 Å². The third-order valence-corrected chi connectivity index (χ3v) is 3.70. The number of rotatable bonds is 0. The van der Waals surface area contributed by atoms with Gasteiger partial charge >= 0.3 is 0 Å². The fraction of sp³-hybridized carbons (Fsp3) is 0.692. The van der Waals surface area contributed by atoms with Crippen LogP contribution in [0.3, 0.4) is 0 Å². The van der Waals surface area contributed by atoms with E-state index in [2.05, 4.69) is 12.2 Å². The van der Waals surface area contributed by atoms with Gasteiger partial charge in [-0.1, -0.05) is 12.2 Å². The van der Waals surface area contributed by atoms with Gasteiger partial charge in [-0.05, 0) is 31.8 Å². The van der Waals surface area contributed by atoms with Gasteiger partial charge in [-0.25, -0.2) is 0 Å². The summed E-state index contributed by atoms with van der Waals surface area (Å²) in [6, 6.07) is 0. The van der Waals surface area contributed by atoms with Crippen LogP contribution in [0.15, 0.2) is 23.5 Å². The van der Waals surface area contributed by atoms with Crippen LogP contribution in [0.25, 0.3) is 0 Å². The van der Waals surface area contributed by atoms with Crippen molar-refractivity contribution in [2.45, 2.75) is 57.0 Å². The Morgan fingerprint density at radius 1 is 1.25 bits per heavy atom. The molecule has 0 aromatic heterocycles. The summed E-state index contributed by atoms with van der Waals surface area (Å²) in [7, 11) is 0. The minimum absolute atomic E-state index is 0.277. The van der Waals surface area contributed by atoms with Crippen molar-refractivity contribution in [1.29, 1.82) is 0 Å². The maximum absolute atomic E-state index is 9.17. The van der Waals surface area contributed by atoms with E-state index in [1.165, 1.54) is 12.8 Å². The summed E-state index contributed by atoms with van der Waals surface area (Å²) >= 11 is 0. The highest BCUT2D eigenvalue weighted by molar-refractivity contribution is 5.21. The predicted octanol–water partition coefficient (Wildman–Crippen LogP) is 2.48. The van der Waals surface area contributed by atoms with Crippen LogP contribution in [0.2, 0.25) is 0 Å². The van der Waals surface area contributed by atoms with Crippen LogP contribution in [-0.2, 0) is 9.47 Å². The first-order valence-electron chi connectivity index (χ1n) is 6.12. The minimum Gasteiger partial charge on any atom is -0.512 e. The third-order valence-electron chi connectivity index (χ3n) is 3.70. The topological polar surface area (TPSA) is 45.3 Å². The summed E-state index contributed by atoms with van der Waals surface area (Å²) in [5.74, 6) is 0.550. The van der Waals surface area contributed by atoms with Crippen molar-refractivity contribution >= 4 is 0 Å². The highest BCUT2D eigenvalue weighted by Crippen LogP contribution is 2.39. The lowest BCUT2D eigenvalue weighted by Gasteiger charge is -2.06. The number of ether oxygens (including phenoxy) is 2. The number of hydrogen-bond acceptors (Lipinski definition) is 3. The summed E-state index contributed by atoms with van der Waals surface area (Å²) in [5.41, 5.74) is 1.05. The summed E-state index contributed by atoms with van der Waals surface area (Å²) in [5, 5.41) is 9.17. The van der Waals surface area contributed by atoms with E-state index in [9.17, 15) is 5.11 Å². The lowest BCUT2D eigenvalue weighted by Crippen LogP contribution is -2.06. The maximum atomic E-state index is 9.17. The van der Waals surface area contributed by atoms with Gasteiger partial charge in [0.25, 0.3) is 0 Å². The third kappa shape index (κ3) is 2.02. The normalized spacial score (nSPS) is 42.8. The molecule has 2 fully saturated rings. The molecule has 4 unspecified atom stereocenters. The van der Waals surface area contributed by atoms with Gasteiger partial charge in [0.1, 0.15) is 12.2 Å². The Morgan fingerprint density at radius 2 is 2.12 bits per heavy atom. The Morgan fingerprint density at radius 3 is 2.75 bits per heavy atom. The summed E-state index contributed by atoms with van der Waals surface area (Å²) in [6.45, 7) is 1.94. The second-order valence-electron chi connectivity index (χ2n) is 4.91. The zero-order valence-electron chi connectivity index (χ0n) is 9.56. The first-order chi connectivity index (χ1) is 7.75. The van der Waals surface area contributed by atoms with Gasteiger partial charge in [0.05, 0.1) is 18.0 Å². The zero-order chi connectivity index (χ0) is 11.1. The molecule has 0 saturated carbocycles. The monoisotopic (exact) mass is 222 g/mol. The molecule has 4 aliphatic rings. The molecule has 0 aromatic carbocycles. The van der Waals surface area contributed by atoms with E-state index >= 15 is 0 Å². The first-order valence-corrected chi connectivity index (χ1v) is 6.12. The largest absolute Gasteiger partial charge is 0.512 e. The van der Waals surface area contributed by atoms with Crippen LogP contribution >= 0.6 is 0 Å². The molecule has 2 aliphatic carbocycles. The molecule has 2 heterocycles. The number of epoxide rings is 2. The molecule has 0 radical (unpaired) electrons. The SMILES string of the molecule is C1=CC2OC2CC1.CC1=C(O)CCC2OC12. The predicted molar refractivity (Wildman–Crippen MR) is 60.3 cm³/mol. The molecule has 2 aliphatic heterocycles. The Kier molecular flexibility index (Phi) is 2.52. The van der Waals surface area contributed by atoms with Gasteiger partial charge in [0.2, 0.25) is 0 Å². The Hall–Kier alpha value is -0.800. The molecule has 16 heavy (non-hydrogen) atoms. The number of aliphatic hydroxyl groups excluding tert-OH is 1. The molecular formula is C13H18O3. The van der Waals surface area contributed by atoms with Gasteiger partial charge in [0.15, 0.2) is 0 Å². The van der Waals surface area contributed by atoms with Crippen LogP contribution in [0.1, 0.15) is 32.6 Å². The highest BCUT2D eigenvalue weighted by atomic mass is 16.6. The molecule has 0 spiro atoms. The molecule has 0 bridgehead atoms. The molecular weight excluding hydrogens is 204 g/mol. The Bertz CT molecular complexity index is 345. The Balaban J connectivity index is 0.000000104. The summed E-state index contributed by atoms with van der Waals surface area (Å²) in [6.07, 6.45) is 10.5. The molecule has 4 rings (SSSR count). The minimum atomic E-state index is 0.277. The van der Waals surface area contributed by atoms with Crippen LogP contribution in [0.5, 0.6) is 0 Å². The number of hydrogen-bond donors (Lipinski definition) is 1. The summed E-state index contributed by atoms with van der Waals surface area (Å²) < 4.78 is 10.4. The molecule has 88 valence electrons. The zero-order valence-corrected chi connectivity index (χ0v) is 9.56. The van der Waals surface area contributed by atoms with Gasteiger partial charge < -0.3 is 14.6 Å². The maximum Gasteiger partial charge on any atom is 0.108 e. The molecule has 4 atom stereocenters.